The Labute approximate surface area is 430 Å². The fourth-order valence-corrected chi connectivity index (χ4v) is 14.0. The number of nitrogens with zero attached hydrogens (tertiary/aromatic N) is 4. The maximum atomic E-state index is 14.3. The van der Waals surface area contributed by atoms with Crippen molar-refractivity contribution >= 4 is 66.1 Å². The standard InChI is InChI=1S/C52H63ClF3N7O6S3/c1-51(36-61-23-20-57-21-24-61)19-17-47(37-7-11-40(53)12-8-37)39(31-51)32-60-25-27-62(28-26-60)42-13-9-38(10-14-42)50(64)59-72(67,68)46-15-16-48(49(30-46)71(65,66)52(54,55)56)58-41(35-70-45-5-3-2-4-6-45)18-22-63-33-44-29-43(63)34-69-44/h2-16,30,41,43-44,57-58H,17-29,31-36H2,1H3,(H,59,64)/t41-,43-,44-,51?/m1/s1. The number of rotatable bonds is 18. The average molecular weight is 1070 g/mol. The van der Waals surface area contributed by atoms with Crippen LogP contribution in [-0.4, -0.2) is 152 Å². The summed E-state index contributed by atoms with van der Waals surface area (Å²) in [5.74, 6) is -0.643. The number of amides is 1. The third-order valence-corrected chi connectivity index (χ3v) is 19.0. The molecule has 4 aliphatic heterocycles. The average Bonchev–Trinajstić information content (AvgIpc) is 4.00. The van der Waals surface area contributed by atoms with Crippen molar-refractivity contribution in [2.45, 2.75) is 77.4 Å². The Balaban J connectivity index is 0.850. The van der Waals surface area contributed by atoms with E-state index >= 15 is 0 Å². The molecule has 4 atom stereocenters. The molecule has 0 aromatic heterocycles. The molecule has 9 rings (SSSR count). The highest BCUT2D eigenvalue weighted by Crippen LogP contribution is 2.44. The van der Waals surface area contributed by atoms with Crippen LogP contribution in [0.5, 0.6) is 0 Å². The van der Waals surface area contributed by atoms with Crippen molar-refractivity contribution in [2.24, 2.45) is 5.41 Å². The number of sulfonamides is 1. The van der Waals surface area contributed by atoms with Crippen molar-refractivity contribution in [3.63, 3.8) is 0 Å². The van der Waals surface area contributed by atoms with Gasteiger partial charge in [-0.1, -0.05) is 54.4 Å². The quantitative estimate of drug-likeness (QED) is 0.0834. The maximum Gasteiger partial charge on any atom is 0.501 e. The lowest BCUT2D eigenvalue weighted by atomic mass is 9.71. The minimum absolute atomic E-state index is 0.00163. The highest BCUT2D eigenvalue weighted by atomic mass is 35.5. The molecule has 5 aliphatic rings. The summed E-state index contributed by atoms with van der Waals surface area (Å²) in [6.07, 6.45) is 4.67. The third kappa shape index (κ3) is 12.7. The van der Waals surface area contributed by atoms with E-state index in [1.165, 1.54) is 40.6 Å². The number of hydrogen-bond acceptors (Lipinski definition) is 13. The van der Waals surface area contributed by atoms with Gasteiger partial charge < -0.3 is 25.2 Å². The Morgan fingerprint density at radius 3 is 2.31 bits per heavy atom. The fourth-order valence-electron chi connectivity index (χ4n) is 10.8. The lowest BCUT2D eigenvalue weighted by Gasteiger charge is -2.43. The molecule has 4 aromatic carbocycles. The van der Waals surface area contributed by atoms with Crippen LogP contribution < -0.4 is 20.3 Å². The first-order chi connectivity index (χ1) is 34.4. The van der Waals surface area contributed by atoms with Crippen molar-refractivity contribution in [2.75, 3.05) is 101 Å². The van der Waals surface area contributed by atoms with Crippen molar-refractivity contribution in [1.82, 2.24) is 24.7 Å². The molecule has 3 N–H and O–H groups in total. The third-order valence-electron chi connectivity index (χ3n) is 14.8. The number of thioether (sulfide) groups is 1. The summed E-state index contributed by atoms with van der Waals surface area (Å²) in [7, 11) is -10.9. The zero-order valence-corrected chi connectivity index (χ0v) is 43.6. The number of hydrogen-bond donors (Lipinski definition) is 3. The van der Waals surface area contributed by atoms with Crippen LogP contribution in [0.4, 0.5) is 24.5 Å². The van der Waals surface area contributed by atoms with E-state index in [0.29, 0.717) is 31.4 Å². The molecule has 4 fully saturated rings. The molecule has 0 spiro atoms. The summed E-state index contributed by atoms with van der Waals surface area (Å²) in [5, 5.41) is 7.22. The summed E-state index contributed by atoms with van der Waals surface area (Å²) >= 11 is 7.75. The first kappa shape index (κ1) is 52.7. The molecule has 13 nitrogen and oxygen atoms in total. The molecule has 4 heterocycles. The number of benzene rings is 4. The first-order valence-electron chi connectivity index (χ1n) is 24.7. The number of piperazine rings is 2. The van der Waals surface area contributed by atoms with Crippen molar-refractivity contribution in [3.8, 4) is 0 Å². The molecular weight excluding hydrogens is 1010 g/mol. The molecule has 72 heavy (non-hydrogen) atoms. The van der Waals surface area contributed by atoms with Gasteiger partial charge in [-0.3, -0.25) is 14.6 Å². The minimum atomic E-state index is -6.06. The number of anilines is 2. The predicted octanol–water partition coefficient (Wildman–Crippen LogP) is 7.86. The number of likely N-dealkylation sites (tertiary alicyclic amines) is 1. The number of alkyl halides is 3. The number of morpholine rings is 1. The SMILES string of the molecule is CC1(CN2CCNCC2)CCC(c2ccc(Cl)cc2)=C(CN2CCN(c3ccc(C(=O)NS(=O)(=O)c4ccc(N[C@H](CCN5C[C@H]6C[C@@H]5CO6)CSc5ccccc5)c(S(=O)(=O)C(F)(F)F)c4)cc3)CC2)C1. The molecule has 0 radical (unpaired) electrons. The Morgan fingerprint density at radius 2 is 1.64 bits per heavy atom. The van der Waals surface area contributed by atoms with Gasteiger partial charge in [-0.2, -0.15) is 13.2 Å². The van der Waals surface area contributed by atoms with Gasteiger partial charge in [-0.05, 0) is 115 Å². The van der Waals surface area contributed by atoms with Crippen LogP contribution in [-0.2, 0) is 24.6 Å². The Hall–Kier alpha value is -4.18. The van der Waals surface area contributed by atoms with Crippen LogP contribution in [0.15, 0.2) is 117 Å². The molecule has 388 valence electrons. The molecule has 4 aromatic rings. The fraction of sp³-hybridized carbons (Fsp3) is 0.481. The lowest BCUT2D eigenvalue weighted by Crippen LogP contribution is -2.49. The van der Waals surface area contributed by atoms with E-state index in [-0.39, 0.29) is 23.1 Å². The number of carbonyl (C=O) groups is 1. The number of fused-ring (bicyclic) bond motifs is 2. The molecule has 0 saturated carbocycles. The predicted molar refractivity (Wildman–Crippen MR) is 278 cm³/mol. The van der Waals surface area contributed by atoms with Gasteiger partial charge in [0, 0.05) is 118 Å². The van der Waals surface area contributed by atoms with E-state index < -0.39 is 52.8 Å². The molecular formula is C52H63ClF3N7O6S3. The number of allylic oxidation sites excluding steroid dienone is 1. The second-order valence-corrected chi connectivity index (χ2v) is 25.2. The molecule has 1 unspecified atom stereocenters. The van der Waals surface area contributed by atoms with Gasteiger partial charge in [0.25, 0.3) is 25.8 Å². The smallest absolute Gasteiger partial charge is 0.380 e. The van der Waals surface area contributed by atoms with Gasteiger partial charge in [0.15, 0.2) is 0 Å². The molecule has 1 amide bonds. The highest BCUT2D eigenvalue weighted by Gasteiger charge is 2.49. The number of nitrogens with one attached hydrogen (secondary N) is 3. The molecule has 1 aliphatic carbocycles. The van der Waals surface area contributed by atoms with Gasteiger partial charge in [0.05, 0.1) is 23.3 Å². The van der Waals surface area contributed by atoms with E-state index in [4.69, 9.17) is 16.3 Å². The van der Waals surface area contributed by atoms with Crippen LogP contribution in [0.1, 0.15) is 54.9 Å². The van der Waals surface area contributed by atoms with Crippen LogP contribution in [0.3, 0.4) is 0 Å². The maximum absolute atomic E-state index is 14.3. The van der Waals surface area contributed by atoms with Gasteiger partial charge >= 0.3 is 5.51 Å². The zero-order valence-electron chi connectivity index (χ0n) is 40.4. The van der Waals surface area contributed by atoms with E-state index in [1.807, 2.05) is 47.2 Å². The van der Waals surface area contributed by atoms with E-state index in [1.54, 1.807) is 12.1 Å². The Morgan fingerprint density at radius 1 is 0.917 bits per heavy atom. The summed E-state index contributed by atoms with van der Waals surface area (Å²) in [4.78, 5) is 21.9. The van der Waals surface area contributed by atoms with Crippen LogP contribution in [0, 0.1) is 5.41 Å². The first-order valence-corrected chi connectivity index (χ1v) is 29.0. The minimum Gasteiger partial charge on any atom is -0.380 e. The van der Waals surface area contributed by atoms with Gasteiger partial charge in [0.1, 0.15) is 4.90 Å². The zero-order chi connectivity index (χ0) is 50.7. The second-order valence-electron chi connectivity index (χ2n) is 20.0. The van der Waals surface area contributed by atoms with E-state index in [2.05, 4.69) is 49.3 Å². The monoisotopic (exact) mass is 1070 g/mol. The number of halogens is 4. The Bertz CT molecular complexity index is 2800. The van der Waals surface area contributed by atoms with Crippen molar-refractivity contribution < 1.29 is 39.5 Å². The topological polar surface area (TPSA) is 144 Å². The number of carbonyl (C=O) groups excluding carboxylic acids is 1. The van der Waals surface area contributed by atoms with Crippen molar-refractivity contribution in [3.05, 3.63) is 119 Å². The van der Waals surface area contributed by atoms with Crippen LogP contribution in [0.2, 0.25) is 5.02 Å². The van der Waals surface area contributed by atoms with Crippen molar-refractivity contribution in [1.29, 1.82) is 0 Å². The number of ether oxygens (including phenoxy) is 1. The van der Waals surface area contributed by atoms with E-state index in [0.717, 1.165) is 125 Å². The number of sulfone groups is 1. The second kappa shape index (κ2) is 22.3. The van der Waals surface area contributed by atoms with E-state index in [9.17, 15) is 34.8 Å². The van der Waals surface area contributed by atoms with Crippen LogP contribution in [0.25, 0.3) is 5.57 Å². The summed E-state index contributed by atoms with van der Waals surface area (Å²) in [6.45, 7) is 13.6. The molecule has 2 bridgehead atoms. The Kier molecular flexibility index (Phi) is 16.3. The van der Waals surface area contributed by atoms with Gasteiger partial charge in [0.2, 0.25) is 0 Å². The van der Waals surface area contributed by atoms with Gasteiger partial charge in [-0.25, -0.2) is 21.6 Å². The normalized spacial score (nSPS) is 23.1. The lowest BCUT2D eigenvalue weighted by molar-refractivity contribution is -0.0435. The highest BCUT2D eigenvalue weighted by molar-refractivity contribution is 7.99. The summed E-state index contributed by atoms with van der Waals surface area (Å²) < 4.78 is 104. The molecule has 20 heteroatoms. The largest absolute Gasteiger partial charge is 0.501 e. The van der Waals surface area contributed by atoms with Crippen LogP contribution >= 0.6 is 23.4 Å². The van der Waals surface area contributed by atoms with Gasteiger partial charge in [-0.15, -0.1) is 11.8 Å². The summed E-state index contributed by atoms with van der Waals surface area (Å²) in [6, 6.07) is 26.3. The molecule has 4 saturated heterocycles. The summed E-state index contributed by atoms with van der Waals surface area (Å²) in [5.41, 5.74) is -1.00.